The molecule has 134 valence electrons. The fourth-order valence-electron chi connectivity index (χ4n) is 2.65. The maximum atomic E-state index is 11.3. The Bertz CT molecular complexity index is 1150. The lowest BCUT2D eigenvalue weighted by Gasteiger charge is -2.07. The molecule has 4 aromatic rings. The summed E-state index contributed by atoms with van der Waals surface area (Å²) in [6, 6.07) is 17.7. The van der Waals surface area contributed by atoms with E-state index in [1.54, 1.807) is 36.4 Å². The first kappa shape index (κ1) is 17.4. The van der Waals surface area contributed by atoms with Gasteiger partial charge < -0.3 is 15.5 Å². The second kappa shape index (κ2) is 6.95. The number of hydrogen-bond donors (Lipinski definition) is 2. The van der Waals surface area contributed by atoms with Crippen LogP contribution in [0.5, 0.6) is 11.5 Å². The van der Waals surface area contributed by atoms with Crippen molar-refractivity contribution in [3.8, 4) is 22.9 Å². The number of nitrogens with one attached hydrogen (secondary N) is 1. The zero-order valence-electron chi connectivity index (χ0n) is 13.9. The summed E-state index contributed by atoms with van der Waals surface area (Å²) in [6.45, 7) is 0. The highest BCUT2D eigenvalue weighted by Crippen LogP contribution is 2.30. The van der Waals surface area contributed by atoms with E-state index in [1.807, 2.05) is 24.3 Å². The first-order chi connectivity index (χ1) is 13.0. The average molecular weight is 398 g/mol. The summed E-state index contributed by atoms with van der Waals surface area (Å²) in [6.07, 6.45) is 0. The van der Waals surface area contributed by atoms with Crippen LogP contribution in [0.15, 0.2) is 60.7 Å². The molecule has 0 radical (unpaired) electrons. The van der Waals surface area contributed by atoms with Crippen molar-refractivity contribution in [1.29, 1.82) is 0 Å². The molecule has 0 unspecified atom stereocenters. The molecule has 0 aliphatic carbocycles. The van der Waals surface area contributed by atoms with Gasteiger partial charge in [0, 0.05) is 17.2 Å². The van der Waals surface area contributed by atoms with E-state index in [9.17, 15) is 4.79 Å². The van der Waals surface area contributed by atoms with Crippen LogP contribution in [-0.4, -0.2) is 15.9 Å². The Balaban J connectivity index is 1.59. The number of amides is 1. The number of halogens is 2. The summed E-state index contributed by atoms with van der Waals surface area (Å²) in [7, 11) is 0. The number of carbonyl (C=O) groups excluding carboxylic acids is 1. The normalized spacial score (nSPS) is 10.9. The Morgan fingerprint density at radius 2 is 1.67 bits per heavy atom. The zero-order chi connectivity index (χ0) is 19.0. The highest BCUT2D eigenvalue weighted by Gasteiger charge is 2.09. The van der Waals surface area contributed by atoms with Gasteiger partial charge in [-0.3, -0.25) is 4.79 Å². The maximum Gasteiger partial charge on any atom is 0.248 e. The summed E-state index contributed by atoms with van der Waals surface area (Å²) in [4.78, 5) is 19.1. The molecule has 5 nitrogen and oxygen atoms in total. The molecule has 0 atom stereocenters. The Morgan fingerprint density at radius 3 is 2.37 bits per heavy atom. The van der Waals surface area contributed by atoms with E-state index in [0.717, 1.165) is 11.1 Å². The Hall–Kier alpha value is -3.02. The fourth-order valence-corrected chi connectivity index (χ4v) is 2.94. The molecule has 0 fully saturated rings. The van der Waals surface area contributed by atoms with E-state index in [-0.39, 0.29) is 0 Å². The van der Waals surface area contributed by atoms with Crippen LogP contribution in [0, 0.1) is 0 Å². The molecule has 3 N–H and O–H groups in total. The molecular weight excluding hydrogens is 385 g/mol. The van der Waals surface area contributed by atoms with Gasteiger partial charge >= 0.3 is 0 Å². The molecule has 0 aliphatic rings. The summed E-state index contributed by atoms with van der Waals surface area (Å²) in [5.74, 6) is 1.46. The molecule has 27 heavy (non-hydrogen) atoms. The first-order valence-corrected chi connectivity index (χ1v) is 8.78. The van der Waals surface area contributed by atoms with Crippen molar-refractivity contribution in [1.82, 2.24) is 9.97 Å². The van der Waals surface area contributed by atoms with Crippen molar-refractivity contribution in [3.05, 3.63) is 76.3 Å². The van der Waals surface area contributed by atoms with Crippen molar-refractivity contribution >= 4 is 40.1 Å². The number of imidazole rings is 1. The van der Waals surface area contributed by atoms with Crippen LogP contribution in [0.1, 0.15) is 10.4 Å². The molecule has 1 heterocycles. The van der Waals surface area contributed by atoms with Gasteiger partial charge in [-0.1, -0.05) is 23.2 Å². The number of aromatic nitrogens is 2. The first-order valence-electron chi connectivity index (χ1n) is 8.02. The number of H-pyrrole nitrogens is 1. The predicted octanol–water partition coefficient (Wildman–Crippen LogP) is 5.43. The van der Waals surface area contributed by atoms with Gasteiger partial charge in [0.1, 0.15) is 17.3 Å². The third kappa shape index (κ3) is 3.60. The van der Waals surface area contributed by atoms with Gasteiger partial charge in [0.25, 0.3) is 0 Å². The molecule has 0 saturated heterocycles. The second-order valence-electron chi connectivity index (χ2n) is 5.88. The molecule has 0 spiro atoms. The Morgan fingerprint density at radius 1 is 0.926 bits per heavy atom. The number of benzene rings is 3. The van der Waals surface area contributed by atoms with Gasteiger partial charge in [-0.2, -0.15) is 0 Å². The molecule has 1 amide bonds. The number of primary amides is 1. The smallest absolute Gasteiger partial charge is 0.248 e. The van der Waals surface area contributed by atoms with Gasteiger partial charge in [0.2, 0.25) is 5.91 Å². The number of rotatable bonds is 4. The second-order valence-corrected chi connectivity index (χ2v) is 6.70. The summed E-state index contributed by atoms with van der Waals surface area (Å²) in [5.41, 5.74) is 8.12. The highest BCUT2D eigenvalue weighted by molar-refractivity contribution is 6.42. The Labute approximate surface area is 164 Å². The zero-order valence-corrected chi connectivity index (χ0v) is 15.4. The minimum absolute atomic E-state index is 0.422. The average Bonchev–Trinajstić information content (AvgIpc) is 3.08. The molecular formula is C20H13Cl2N3O2. The number of hydrogen-bond acceptors (Lipinski definition) is 3. The number of nitrogens with two attached hydrogens (primary N) is 1. The van der Waals surface area contributed by atoms with Crippen LogP contribution in [0.4, 0.5) is 0 Å². The molecule has 1 aromatic heterocycles. The fraction of sp³-hybridized carbons (Fsp3) is 0. The summed E-state index contributed by atoms with van der Waals surface area (Å²) in [5, 5.41) is 0.909. The maximum absolute atomic E-state index is 11.3. The van der Waals surface area contributed by atoms with Crippen LogP contribution >= 0.6 is 23.2 Å². The number of nitrogens with zero attached hydrogens (tertiary/aromatic N) is 1. The molecule has 0 aliphatic heterocycles. The number of aromatic amines is 1. The van der Waals surface area contributed by atoms with Crippen LogP contribution < -0.4 is 10.5 Å². The van der Waals surface area contributed by atoms with Crippen molar-refractivity contribution < 1.29 is 9.53 Å². The monoisotopic (exact) mass is 397 g/mol. The van der Waals surface area contributed by atoms with Crippen LogP contribution in [0.25, 0.3) is 22.4 Å². The Kier molecular flexibility index (Phi) is 4.48. The van der Waals surface area contributed by atoms with E-state index in [4.69, 9.17) is 33.7 Å². The van der Waals surface area contributed by atoms with Gasteiger partial charge in [0.05, 0.1) is 21.1 Å². The van der Waals surface area contributed by atoms with Gasteiger partial charge in [-0.15, -0.1) is 0 Å². The number of ether oxygens (including phenoxy) is 1. The molecule has 7 heteroatoms. The standard InChI is InChI=1S/C20H13Cl2N3O2/c21-15-7-6-14(10-16(15)22)27-13-4-1-11(2-5-13)20-24-17-8-3-12(19(23)26)9-18(17)25-20/h1-10H,(H2,23,26)(H,24,25). The van der Waals surface area contributed by atoms with E-state index < -0.39 is 5.91 Å². The van der Waals surface area contributed by atoms with Crippen molar-refractivity contribution in [2.75, 3.05) is 0 Å². The minimum Gasteiger partial charge on any atom is -0.457 e. The third-order valence-electron chi connectivity index (χ3n) is 4.02. The van der Waals surface area contributed by atoms with Gasteiger partial charge in [0.15, 0.2) is 0 Å². The third-order valence-corrected chi connectivity index (χ3v) is 4.76. The lowest BCUT2D eigenvalue weighted by molar-refractivity contribution is 0.100. The highest BCUT2D eigenvalue weighted by atomic mass is 35.5. The van der Waals surface area contributed by atoms with E-state index in [0.29, 0.717) is 38.4 Å². The van der Waals surface area contributed by atoms with E-state index >= 15 is 0 Å². The van der Waals surface area contributed by atoms with Crippen molar-refractivity contribution in [2.24, 2.45) is 5.73 Å². The largest absolute Gasteiger partial charge is 0.457 e. The van der Waals surface area contributed by atoms with Crippen molar-refractivity contribution in [3.63, 3.8) is 0 Å². The number of carbonyl (C=O) groups is 1. The van der Waals surface area contributed by atoms with Gasteiger partial charge in [-0.05, 0) is 54.6 Å². The predicted molar refractivity (Wildman–Crippen MR) is 107 cm³/mol. The SMILES string of the molecule is NC(=O)c1ccc2[nH]c(-c3ccc(Oc4ccc(Cl)c(Cl)c4)cc3)nc2c1. The topological polar surface area (TPSA) is 81.0 Å². The van der Waals surface area contributed by atoms with Crippen molar-refractivity contribution in [2.45, 2.75) is 0 Å². The molecule has 3 aromatic carbocycles. The van der Waals surface area contributed by atoms with Crippen LogP contribution in [0.2, 0.25) is 10.0 Å². The minimum atomic E-state index is -0.481. The molecule has 0 saturated carbocycles. The van der Waals surface area contributed by atoms with E-state index in [1.165, 1.54) is 0 Å². The molecule has 4 rings (SSSR count). The van der Waals surface area contributed by atoms with Gasteiger partial charge in [-0.25, -0.2) is 4.98 Å². The lowest BCUT2D eigenvalue weighted by Crippen LogP contribution is -2.10. The molecule has 0 bridgehead atoms. The summed E-state index contributed by atoms with van der Waals surface area (Å²) >= 11 is 11.9. The van der Waals surface area contributed by atoms with Crippen LogP contribution in [-0.2, 0) is 0 Å². The lowest BCUT2D eigenvalue weighted by atomic mass is 10.2. The quantitative estimate of drug-likeness (QED) is 0.481. The van der Waals surface area contributed by atoms with E-state index in [2.05, 4.69) is 9.97 Å². The van der Waals surface area contributed by atoms with Crippen LogP contribution in [0.3, 0.4) is 0 Å². The summed E-state index contributed by atoms with van der Waals surface area (Å²) < 4.78 is 5.78. The number of fused-ring (bicyclic) bond motifs is 1.